The minimum atomic E-state index is 0.881. The topological polar surface area (TPSA) is 37.8 Å². The summed E-state index contributed by atoms with van der Waals surface area (Å²) in [6.07, 6.45) is 2.80. The fourth-order valence-corrected chi connectivity index (χ4v) is 3.40. The van der Waals surface area contributed by atoms with E-state index in [9.17, 15) is 0 Å². The van der Waals surface area contributed by atoms with E-state index in [2.05, 4.69) is 40.4 Å². The smallest absolute Gasteiger partial charge is 0.183 e. The van der Waals surface area contributed by atoms with E-state index in [1.807, 2.05) is 11.6 Å². The summed E-state index contributed by atoms with van der Waals surface area (Å²) < 4.78 is 1.24. The third-order valence-corrected chi connectivity index (χ3v) is 4.54. The van der Waals surface area contributed by atoms with Crippen molar-refractivity contribution in [2.45, 2.75) is 13.3 Å². The van der Waals surface area contributed by atoms with Gasteiger partial charge in [0, 0.05) is 24.5 Å². The molecule has 2 aromatic heterocycles. The maximum atomic E-state index is 4.62. The number of rotatable bonds is 4. The second kappa shape index (κ2) is 5.04. The maximum absolute atomic E-state index is 4.62. The second-order valence-electron chi connectivity index (χ2n) is 4.04. The van der Waals surface area contributed by atoms with Gasteiger partial charge in [-0.15, -0.1) is 11.3 Å². The number of aryl methyl sites for hydroxylation is 1. The number of anilines is 1. The molecule has 0 unspecified atom stereocenters. The fraction of sp³-hybridized carbons (Fsp3) is 0.231. The maximum Gasteiger partial charge on any atom is 0.183 e. The molecule has 0 bridgehead atoms. The molecule has 0 fully saturated rings. The van der Waals surface area contributed by atoms with Crippen LogP contribution >= 0.6 is 22.7 Å². The normalized spacial score (nSPS) is 10.9. The Hall–Kier alpha value is -1.46. The number of fused-ring (bicyclic) bond motifs is 1. The van der Waals surface area contributed by atoms with Crippen LogP contribution in [-0.4, -0.2) is 16.5 Å². The van der Waals surface area contributed by atoms with Gasteiger partial charge in [-0.1, -0.05) is 23.5 Å². The van der Waals surface area contributed by atoms with Crippen molar-refractivity contribution >= 4 is 38.0 Å². The molecule has 92 valence electrons. The largest absolute Gasteiger partial charge is 0.361 e. The summed E-state index contributed by atoms with van der Waals surface area (Å²) >= 11 is 3.41. The standard InChI is InChI=1S/C13H13N3S2/c1-9-3-2-4-10-12(9)16-13(18-10)15-6-5-11-14-7-8-17-11/h2-4,7-8H,5-6H2,1H3,(H,15,16). The molecular weight excluding hydrogens is 262 g/mol. The van der Waals surface area contributed by atoms with Crippen LogP contribution < -0.4 is 5.32 Å². The number of nitrogens with one attached hydrogen (secondary N) is 1. The SMILES string of the molecule is Cc1cccc2sc(NCCc3nccs3)nc12. The third-order valence-electron chi connectivity index (χ3n) is 2.72. The van der Waals surface area contributed by atoms with E-state index in [0.29, 0.717) is 0 Å². The van der Waals surface area contributed by atoms with Gasteiger partial charge in [-0.25, -0.2) is 9.97 Å². The predicted molar refractivity (Wildman–Crippen MR) is 78.7 cm³/mol. The molecule has 0 atom stereocenters. The van der Waals surface area contributed by atoms with E-state index in [-0.39, 0.29) is 0 Å². The zero-order valence-electron chi connectivity index (χ0n) is 10.0. The Kier molecular flexibility index (Phi) is 3.25. The first kappa shape index (κ1) is 11.6. The monoisotopic (exact) mass is 275 g/mol. The van der Waals surface area contributed by atoms with E-state index < -0.39 is 0 Å². The number of benzene rings is 1. The van der Waals surface area contributed by atoms with Crippen LogP contribution in [0.5, 0.6) is 0 Å². The molecule has 0 aliphatic carbocycles. The fourth-order valence-electron chi connectivity index (χ4n) is 1.81. The van der Waals surface area contributed by atoms with Gasteiger partial charge in [-0.2, -0.15) is 0 Å². The molecule has 18 heavy (non-hydrogen) atoms. The highest BCUT2D eigenvalue weighted by molar-refractivity contribution is 7.22. The van der Waals surface area contributed by atoms with Crippen LogP contribution in [0.2, 0.25) is 0 Å². The van der Waals surface area contributed by atoms with Crippen LogP contribution in [0.15, 0.2) is 29.8 Å². The van der Waals surface area contributed by atoms with Crippen molar-refractivity contribution in [1.82, 2.24) is 9.97 Å². The Balaban J connectivity index is 1.69. The highest BCUT2D eigenvalue weighted by Crippen LogP contribution is 2.27. The lowest BCUT2D eigenvalue weighted by Crippen LogP contribution is -2.03. The van der Waals surface area contributed by atoms with E-state index in [1.54, 1.807) is 22.7 Å². The van der Waals surface area contributed by atoms with Crippen molar-refractivity contribution in [1.29, 1.82) is 0 Å². The van der Waals surface area contributed by atoms with Gasteiger partial charge in [0.15, 0.2) is 5.13 Å². The van der Waals surface area contributed by atoms with Gasteiger partial charge in [-0.3, -0.25) is 0 Å². The first-order valence-corrected chi connectivity index (χ1v) is 7.51. The van der Waals surface area contributed by atoms with Crippen LogP contribution in [-0.2, 0) is 6.42 Å². The molecule has 3 rings (SSSR count). The first-order chi connectivity index (χ1) is 8.83. The summed E-state index contributed by atoms with van der Waals surface area (Å²) in [5, 5.41) is 7.55. The predicted octanol–water partition coefficient (Wildman–Crippen LogP) is 3.72. The lowest BCUT2D eigenvalue weighted by atomic mass is 10.2. The van der Waals surface area contributed by atoms with Gasteiger partial charge in [0.2, 0.25) is 0 Å². The molecule has 0 aliphatic rings. The Morgan fingerprint density at radius 1 is 1.33 bits per heavy atom. The average molecular weight is 275 g/mol. The number of hydrogen-bond acceptors (Lipinski definition) is 5. The Morgan fingerprint density at radius 3 is 3.06 bits per heavy atom. The minimum Gasteiger partial charge on any atom is -0.361 e. The molecule has 3 nitrogen and oxygen atoms in total. The van der Waals surface area contributed by atoms with Crippen LogP contribution in [0.25, 0.3) is 10.2 Å². The van der Waals surface area contributed by atoms with Crippen molar-refractivity contribution in [3.05, 3.63) is 40.3 Å². The lowest BCUT2D eigenvalue weighted by molar-refractivity contribution is 0.996. The number of hydrogen-bond donors (Lipinski definition) is 1. The minimum absolute atomic E-state index is 0.881. The third kappa shape index (κ3) is 2.37. The summed E-state index contributed by atoms with van der Waals surface area (Å²) in [4.78, 5) is 8.89. The summed E-state index contributed by atoms with van der Waals surface area (Å²) in [6.45, 7) is 2.98. The molecule has 0 spiro atoms. The Bertz CT molecular complexity index is 643. The number of nitrogens with zero attached hydrogens (tertiary/aromatic N) is 2. The van der Waals surface area contributed by atoms with Gasteiger partial charge < -0.3 is 5.32 Å². The molecule has 5 heteroatoms. The van der Waals surface area contributed by atoms with E-state index in [1.165, 1.54) is 15.3 Å². The van der Waals surface area contributed by atoms with Crippen molar-refractivity contribution in [2.24, 2.45) is 0 Å². The first-order valence-electron chi connectivity index (χ1n) is 5.81. The molecular formula is C13H13N3S2. The molecule has 1 N–H and O–H groups in total. The van der Waals surface area contributed by atoms with Gasteiger partial charge >= 0.3 is 0 Å². The summed E-state index contributed by atoms with van der Waals surface area (Å²) in [5.74, 6) is 0. The molecule has 1 aromatic carbocycles. The van der Waals surface area contributed by atoms with Crippen molar-refractivity contribution in [3.63, 3.8) is 0 Å². The summed E-state index contributed by atoms with van der Waals surface area (Å²) in [6, 6.07) is 6.29. The van der Waals surface area contributed by atoms with Crippen LogP contribution in [0.4, 0.5) is 5.13 Å². The highest BCUT2D eigenvalue weighted by Gasteiger charge is 2.05. The summed E-state index contributed by atoms with van der Waals surface area (Å²) in [7, 11) is 0. The molecule has 3 aromatic rings. The molecule has 0 saturated carbocycles. The molecule has 0 amide bonds. The summed E-state index contributed by atoms with van der Waals surface area (Å²) in [5.41, 5.74) is 2.34. The van der Waals surface area contributed by atoms with Crippen LogP contribution in [0, 0.1) is 6.92 Å². The van der Waals surface area contributed by atoms with E-state index in [0.717, 1.165) is 23.6 Å². The van der Waals surface area contributed by atoms with Crippen LogP contribution in [0.3, 0.4) is 0 Å². The molecule has 0 aliphatic heterocycles. The number of para-hydroxylation sites is 1. The van der Waals surface area contributed by atoms with E-state index in [4.69, 9.17) is 0 Å². The van der Waals surface area contributed by atoms with Gasteiger partial charge in [-0.05, 0) is 18.6 Å². The van der Waals surface area contributed by atoms with E-state index >= 15 is 0 Å². The quantitative estimate of drug-likeness (QED) is 0.788. The Morgan fingerprint density at radius 2 is 2.28 bits per heavy atom. The highest BCUT2D eigenvalue weighted by atomic mass is 32.1. The van der Waals surface area contributed by atoms with Gasteiger partial charge in [0.05, 0.1) is 15.2 Å². The van der Waals surface area contributed by atoms with Gasteiger partial charge in [0.25, 0.3) is 0 Å². The average Bonchev–Trinajstić information content (AvgIpc) is 2.98. The Labute approximate surface area is 114 Å². The van der Waals surface area contributed by atoms with Gasteiger partial charge in [0.1, 0.15) is 0 Å². The molecule has 0 saturated heterocycles. The van der Waals surface area contributed by atoms with Crippen LogP contribution in [0.1, 0.15) is 10.6 Å². The van der Waals surface area contributed by atoms with Crippen molar-refractivity contribution in [3.8, 4) is 0 Å². The number of aromatic nitrogens is 2. The lowest BCUT2D eigenvalue weighted by Gasteiger charge is -1.99. The van der Waals surface area contributed by atoms with Crippen molar-refractivity contribution < 1.29 is 0 Å². The zero-order valence-corrected chi connectivity index (χ0v) is 11.6. The number of thiazole rings is 2. The molecule has 2 heterocycles. The molecule has 0 radical (unpaired) electrons. The second-order valence-corrected chi connectivity index (χ2v) is 6.05. The zero-order chi connectivity index (χ0) is 12.4. The van der Waals surface area contributed by atoms with Crippen molar-refractivity contribution in [2.75, 3.05) is 11.9 Å².